The summed E-state index contributed by atoms with van der Waals surface area (Å²) >= 11 is 0. The summed E-state index contributed by atoms with van der Waals surface area (Å²) in [7, 11) is -9.46. The molecule has 0 saturated heterocycles. The van der Waals surface area contributed by atoms with Crippen LogP contribution in [0.5, 0.6) is 28.7 Å². The molecule has 0 spiro atoms. The van der Waals surface area contributed by atoms with Crippen LogP contribution in [-0.2, 0) is 9.13 Å². The predicted molar refractivity (Wildman–Crippen MR) is 171 cm³/mol. The first-order chi connectivity index (χ1) is 22.5. The Morgan fingerprint density at radius 2 is 1.02 bits per heavy atom. The zero-order chi connectivity index (χ0) is 35.0. The standard InChI is InChI=1S/C16H13O7P.C15H11O8P/c1-9-2-4-10(5-3-9)12-8-22-14-7-11(23-24(19,20)21)6-13(17)15(14)16(12)18;16-9-5-12(17)14-13(6-9)22-7-11(15(14)18)8-1-3-10(4-2-8)23-24(19,20)21/h2-8,17H,1H3,(H2,19,20,21);1-7,16-17H,(H2,19,20,21). The molecule has 0 amide bonds. The van der Waals surface area contributed by atoms with Crippen molar-refractivity contribution in [3.05, 3.63) is 111 Å². The molecule has 0 fully saturated rings. The monoisotopic (exact) mass is 698 g/mol. The van der Waals surface area contributed by atoms with Gasteiger partial charge >= 0.3 is 15.6 Å². The third-order valence-electron chi connectivity index (χ3n) is 6.65. The number of benzene rings is 4. The van der Waals surface area contributed by atoms with Crippen molar-refractivity contribution in [1.29, 1.82) is 0 Å². The highest BCUT2D eigenvalue weighted by Crippen LogP contribution is 2.41. The number of aryl methyl sites for hydroxylation is 1. The summed E-state index contributed by atoms with van der Waals surface area (Å²) < 4.78 is 41.1. The van der Waals surface area contributed by atoms with Crippen LogP contribution in [0.4, 0.5) is 0 Å². The average Bonchev–Trinajstić information content (AvgIpc) is 2.97. The number of phosphoric acid groups is 2. The molecule has 6 aromatic rings. The molecule has 0 bridgehead atoms. The van der Waals surface area contributed by atoms with Gasteiger partial charge in [-0.15, -0.1) is 0 Å². The van der Waals surface area contributed by atoms with E-state index < -0.39 is 38.0 Å². The van der Waals surface area contributed by atoms with Gasteiger partial charge in [0.05, 0.1) is 11.1 Å². The fraction of sp³-hybridized carbons (Fsp3) is 0.0323. The molecule has 2 aromatic heterocycles. The fourth-order valence-electron chi connectivity index (χ4n) is 4.58. The van der Waals surface area contributed by atoms with Crippen LogP contribution in [0.1, 0.15) is 5.56 Å². The van der Waals surface area contributed by atoms with Gasteiger partial charge in [0, 0.05) is 24.3 Å². The number of rotatable bonds is 6. The van der Waals surface area contributed by atoms with Crippen molar-refractivity contribution in [1.82, 2.24) is 0 Å². The minimum absolute atomic E-state index is 0.0303. The second kappa shape index (κ2) is 13.0. The Bertz CT molecular complexity index is 2370. The average molecular weight is 698 g/mol. The number of hydrogen-bond acceptors (Lipinski definition) is 11. The summed E-state index contributed by atoms with van der Waals surface area (Å²) in [5.41, 5.74) is 1.47. The van der Waals surface area contributed by atoms with Crippen LogP contribution in [0, 0.1) is 6.92 Å². The molecule has 0 aliphatic heterocycles. The van der Waals surface area contributed by atoms with Gasteiger partial charge in [0.1, 0.15) is 63.2 Å². The highest BCUT2D eigenvalue weighted by molar-refractivity contribution is 7.47. The lowest BCUT2D eigenvalue weighted by atomic mass is 10.0. The van der Waals surface area contributed by atoms with E-state index in [9.17, 15) is 34.0 Å². The minimum atomic E-state index is -4.79. The molecular weight excluding hydrogens is 674 g/mol. The maximum absolute atomic E-state index is 12.6. The summed E-state index contributed by atoms with van der Waals surface area (Å²) in [5.74, 6) is -1.51. The molecule has 0 aliphatic carbocycles. The molecule has 0 unspecified atom stereocenters. The van der Waals surface area contributed by atoms with E-state index in [-0.39, 0.29) is 50.3 Å². The van der Waals surface area contributed by atoms with Gasteiger partial charge in [-0.3, -0.25) is 29.2 Å². The Morgan fingerprint density at radius 1 is 0.583 bits per heavy atom. The molecule has 6 rings (SSSR count). The Kier molecular flexibility index (Phi) is 9.20. The summed E-state index contributed by atoms with van der Waals surface area (Å²) in [6, 6.07) is 16.9. The Labute approximate surface area is 268 Å². The lowest BCUT2D eigenvalue weighted by molar-refractivity contribution is 0.280. The maximum Gasteiger partial charge on any atom is 0.524 e. The second-order valence-electron chi connectivity index (χ2n) is 10.2. The largest absolute Gasteiger partial charge is 0.524 e. The number of phosphoric ester groups is 2. The number of fused-ring (bicyclic) bond motifs is 2. The Hall–Kier alpha value is -5.40. The van der Waals surface area contributed by atoms with Crippen LogP contribution >= 0.6 is 15.6 Å². The molecule has 15 nitrogen and oxygen atoms in total. The van der Waals surface area contributed by atoms with Crippen LogP contribution in [0.25, 0.3) is 44.2 Å². The number of phenols is 3. The van der Waals surface area contributed by atoms with Crippen LogP contribution in [0.15, 0.2) is 104 Å². The summed E-state index contributed by atoms with van der Waals surface area (Å²) in [6.07, 6.45) is 2.40. The number of hydrogen-bond donors (Lipinski definition) is 7. The topological polar surface area (TPSA) is 255 Å². The van der Waals surface area contributed by atoms with E-state index in [2.05, 4.69) is 9.05 Å². The van der Waals surface area contributed by atoms with Gasteiger partial charge in [-0.25, -0.2) is 9.13 Å². The summed E-state index contributed by atoms with van der Waals surface area (Å²) in [5, 5.41) is 29.1. The van der Waals surface area contributed by atoms with E-state index in [1.165, 1.54) is 42.9 Å². The van der Waals surface area contributed by atoms with Crippen molar-refractivity contribution in [2.24, 2.45) is 0 Å². The highest BCUT2D eigenvalue weighted by Gasteiger charge is 2.20. The SMILES string of the molecule is Cc1ccc(-c2coc3cc(OP(=O)(O)O)cc(O)c3c2=O)cc1.O=c1c(-c2ccc(OP(=O)(O)O)cc2)coc2cc(O)cc(O)c12. The molecule has 48 heavy (non-hydrogen) atoms. The van der Waals surface area contributed by atoms with Gasteiger partial charge in [0.2, 0.25) is 10.9 Å². The van der Waals surface area contributed by atoms with Crippen molar-refractivity contribution in [2.45, 2.75) is 6.92 Å². The lowest BCUT2D eigenvalue weighted by Crippen LogP contribution is -2.05. The first-order valence-corrected chi connectivity index (χ1v) is 16.5. The number of phenolic OH excluding ortho intramolecular Hbond substituents is 3. The van der Waals surface area contributed by atoms with Crippen LogP contribution in [-0.4, -0.2) is 34.9 Å². The molecule has 0 radical (unpaired) electrons. The molecular formula is C31H24O15P2. The first kappa shape index (κ1) is 33.9. The lowest BCUT2D eigenvalue weighted by Gasteiger charge is -2.09. The Morgan fingerprint density at radius 3 is 1.52 bits per heavy atom. The van der Waals surface area contributed by atoms with Crippen molar-refractivity contribution >= 4 is 37.6 Å². The minimum Gasteiger partial charge on any atom is -0.508 e. The zero-order valence-electron chi connectivity index (χ0n) is 24.4. The van der Waals surface area contributed by atoms with Crippen molar-refractivity contribution < 1.29 is 61.9 Å². The van der Waals surface area contributed by atoms with E-state index in [1.54, 1.807) is 12.1 Å². The molecule has 2 heterocycles. The van der Waals surface area contributed by atoms with Crippen LogP contribution < -0.4 is 19.9 Å². The summed E-state index contributed by atoms with van der Waals surface area (Å²) in [6.45, 7) is 1.92. The van der Waals surface area contributed by atoms with Crippen LogP contribution in [0.3, 0.4) is 0 Å². The molecule has 248 valence electrons. The van der Waals surface area contributed by atoms with Gasteiger partial charge in [-0.2, -0.15) is 0 Å². The summed E-state index contributed by atoms with van der Waals surface area (Å²) in [4.78, 5) is 60.3. The van der Waals surface area contributed by atoms with Crippen LogP contribution in [0.2, 0.25) is 0 Å². The number of aromatic hydroxyl groups is 3. The van der Waals surface area contributed by atoms with E-state index in [1.807, 2.05) is 19.1 Å². The quantitative estimate of drug-likeness (QED) is 0.109. The van der Waals surface area contributed by atoms with Gasteiger partial charge in [-0.1, -0.05) is 42.0 Å². The van der Waals surface area contributed by atoms with Gasteiger partial charge in [0.15, 0.2) is 0 Å². The van der Waals surface area contributed by atoms with E-state index in [0.29, 0.717) is 11.1 Å². The Balaban J connectivity index is 0.000000188. The molecule has 0 aliphatic rings. The van der Waals surface area contributed by atoms with Crippen molar-refractivity contribution in [3.63, 3.8) is 0 Å². The third kappa shape index (κ3) is 7.76. The molecule has 7 N–H and O–H groups in total. The smallest absolute Gasteiger partial charge is 0.508 e. The molecule has 17 heteroatoms. The fourth-order valence-corrected chi connectivity index (χ4v) is 5.36. The molecule has 4 aromatic carbocycles. The van der Waals surface area contributed by atoms with E-state index in [4.69, 9.17) is 28.4 Å². The van der Waals surface area contributed by atoms with Crippen molar-refractivity contribution in [2.75, 3.05) is 0 Å². The zero-order valence-corrected chi connectivity index (χ0v) is 26.2. The second-order valence-corrected chi connectivity index (χ2v) is 12.5. The predicted octanol–water partition coefficient (Wildman–Crippen LogP) is 5.29. The maximum atomic E-state index is 12.6. The van der Waals surface area contributed by atoms with E-state index >= 15 is 0 Å². The molecule has 0 atom stereocenters. The van der Waals surface area contributed by atoms with Crippen molar-refractivity contribution in [3.8, 4) is 51.0 Å². The highest BCUT2D eigenvalue weighted by atomic mass is 31.2. The van der Waals surface area contributed by atoms with E-state index in [0.717, 1.165) is 23.8 Å². The normalized spacial score (nSPS) is 11.6. The van der Waals surface area contributed by atoms with Gasteiger partial charge in [-0.05, 0) is 30.2 Å². The molecule has 0 saturated carbocycles. The first-order valence-electron chi connectivity index (χ1n) is 13.4. The van der Waals surface area contributed by atoms with Gasteiger partial charge in [0.25, 0.3) is 0 Å². The third-order valence-corrected chi connectivity index (χ3v) is 7.55. The van der Waals surface area contributed by atoms with Gasteiger partial charge < -0.3 is 33.2 Å².